The van der Waals surface area contributed by atoms with Crippen molar-refractivity contribution in [2.24, 2.45) is 0 Å². The van der Waals surface area contributed by atoms with Gasteiger partial charge in [-0.25, -0.2) is 9.59 Å². The lowest BCUT2D eigenvalue weighted by Gasteiger charge is -2.12. The molecule has 0 spiro atoms. The van der Waals surface area contributed by atoms with Gasteiger partial charge in [0.15, 0.2) is 0 Å². The van der Waals surface area contributed by atoms with Crippen molar-refractivity contribution in [1.29, 1.82) is 0 Å². The Kier molecular flexibility index (Phi) is 3.29. The number of aryl methyl sites for hydroxylation is 1. The van der Waals surface area contributed by atoms with Crippen LogP contribution in [0.1, 0.15) is 26.3 Å². The lowest BCUT2D eigenvalue weighted by Crippen LogP contribution is -2.09. The first-order chi connectivity index (χ1) is 9.02. The first-order valence-electron chi connectivity index (χ1n) is 5.53. The Labute approximate surface area is 109 Å². The van der Waals surface area contributed by atoms with Gasteiger partial charge in [0.25, 0.3) is 0 Å². The zero-order valence-electron chi connectivity index (χ0n) is 10.1. The lowest BCUT2D eigenvalue weighted by molar-refractivity contribution is 0.0695. The highest BCUT2D eigenvalue weighted by molar-refractivity contribution is 6.05. The number of carbonyl (C=O) groups is 2. The molecule has 0 aliphatic heterocycles. The molecular formula is C14H11NO4. The summed E-state index contributed by atoms with van der Waals surface area (Å²) in [5.41, 5.74) is 1.12. The van der Waals surface area contributed by atoms with Crippen molar-refractivity contribution < 1.29 is 19.8 Å². The summed E-state index contributed by atoms with van der Waals surface area (Å²) in [6.45, 7) is 1.63. The van der Waals surface area contributed by atoms with Crippen LogP contribution in [0, 0.1) is 6.92 Å². The minimum Gasteiger partial charge on any atom is -0.478 e. The second-order valence-corrected chi connectivity index (χ2v) is 4.03. The molecule has 0 fully saturated rings. The molecule has 2 N–H and O–H groups in total. The summed E-state index contributed by atoms with van der Waals surface area (Å²) >= 11 is 0. The summed E-state index contributed by atoms with van der Waals surface area (Å²) < 4.78 is 0. The van der Waals surface area contributed by atoms with Crippen LogP contribution < -0.4 is 0 Å². The van der Waals surface area contributed by atoms with Crippen molar-refractivity contribution in [2.45, 2.75) is 6.92 Å². The van der Waals surface area contributed by atoms with E-state index in [9.17, 15) is 19.8 Å². The normalized spacial score (nSPS) is 10.2. The predicted molar refractivity (Wildman–Crippen MR) is 68.3 cm³/mol. The molecule has 0 atom stereocenters. The van der Waals surface area contributed by atoms with Gasteiger partial charge in [0.05, 0.1) is 11.1 Å². The van der Waals surface area contributed by atoms with Crippen LogP contribution in [-0.4, -0.2) is 27.1 Å². The molecule has 1 heterocycles. The monoisotopic (exact) mass is 257 g/mol. The molecule has 0 unspecified atom stereocenters. The number of aromatic nitrogens is 1. The zero-order valence-corrected chi connectivity index (χ0v) is 10.1. The van der Waals surface area contributed by atoms with Gasteiger partial charge in [0.2, 0.25) is 0 Å². The maximum atomic E-state index is 11.4. The van der Waals surface area contributed by atoms with Crippen LogP contribution in [0.2, 0.25) is 0 Å². The van der Waals surface area contributed by atoms with Crippen molar-refractivity contribution in [3.8, 4) is 11.1 Å². The largest absolute Gasteiger partial charge is 0.478 e. The molecule has 2 aromatic rings. The molecule has 5 nitrogen and oxygen atoms in total. The average molecular weight is 257 g/mol. The van der Waals surface area contributed by atoms with Gasteiger partial charge < -0.3 is 10.2 Å². The van der Waals surface area contributed by atoms with Gasteiger partial charge in [-0.3, -0.25) is 4.98 Å². The van der Waals surface area contributed by atoms with Crippen LogP contribution in [0.15, 0.2) is 36.7 Å². The second kappa shape index (κ2) is 4.89. The Bertz CT molecular complexity index is 650. The van der Waals surface area contributed by atoms with E-state index in [4.69, 9.17) is 0 Å². The molecule has 0 saturated carbocycles. The highest BCUT2D eigenvalue weighted by atomic mass is 16.4. The van der Waals surface area contributed by atoms with Gasteiger partial charge in [-0.15, -0.1) is 0 Å². The first kappa shape index (κ1) is 12.8. The molecule has 0 amide bonds. The SMILES string of the molecule is Cc1ccc(C(=O)O)c(-c2cccnc2)c1C(=O)O. The standard InChI is InChI=1S/C14H11NO4/c1-8-4-5-10(13(16)17)12(11(8)14(18)19)9-3-2-6-15-7-9/h2-7H,1H3,(H,16,17)(H,18,19). The van der Waals surface area contributed by atoms with Crippen LogP contribution >= 0.6 is 0 Å². The molecule has 0 saturated heterocycles. The second-order valence-electron chi connectivity index (χ2n) is 4.03. The van der Waals surface area contributed by atoms with Crippen molar-refractivity contribution in [1.82, 2.24) is 4.98 Å². The molecular weight excluding hydrogens is 246 g/mol. The number of carboxylic acids is 2. The summed E-state index contributed by atoms with van der Waals surface area (Å²) in [4.78, 5) is 26.6. The molecule has 0 aliphatic rings. The summed E-state index contributed by atoms with van der Waals surface area (Å²) in [6.07, 6.45) is 2.99. The number of hydrogen-bond acceptors (Lipinski definition) is 3. The molecule has 0 aliphatic carbocycles. The van der Waals surface area contributed by atoms with Gasteiger partial charge in [-0.2, -0.15) is 0 Å². The van der Waals surface area contributed by atoms with Crippen molar-refractivity contribution in [2.75, 3.05) is 0 Å². The molecule has 0 bridgehead atoms. The number of pyridine rings is 1. The van der Waals surface area contributed by atoms with Crippen LogP contribution in [0.5, 0.6) is 0 Å². The van der Waals surface area contributed by atoms with E-state index in [1.807, 2.05) is 0 Å². The van der Waals surface area contributed by atoms with Gasteiger partial charge in [0, 0.05) is 23.5 Å². The van der Waals surface area contributed by atoms with E-state index in [-0.39, 0.29) is 16.7 Å². The highest BCUT2D eigenvalue weighted by Gasteiger charge is 2.21. The number of benzene rings is 1. The van der Waals surface area contributed by atoms with E-state index in [0.29, 0.717) is 11.1 Å². The molecule has 96 valence electrons. The van der Waals surface area contributed by atoms with Gasteiger partial charge in [-0.1, -0.05) is 12.1 Å². The maximum absolute atomic E-state index is 11.4. The van der Waals surface area contributed by atoms with Crippen molar-refractivity contribution in [3.63, 3.8) is 0 Å². The van der Waals surface area contributed by atoms with E-state index in [1.54, 1.807) is 25.3 Å². The zero-order chi connectivity index (χ0) is 14.0. The highest BCUT2D eigenvalue weighted by Crippen LogP contribution is 2.29. The quantitative estimate of drug-likeness (QED) is 0.881. The predicted octanol–water partition coefficient (Wildman–Crippen LogP) is 2.45. The lowest BCUT2D eigenvalue weighted by atomic mass is 9.92. The van der Waals surface area contributed by atoms with E-state index < -0.39 is 11.9 Å². The number of nitrogens with zero attached hydrogens (tertiary/aromatic N) is 1. The summed E-state index contributed by atoms with van der Waals surface area (Å²) in [7, 11) is 0. The van der Waals surface area contributed by atoms with Gasteiger partial charge in [0.1, 0.15) is 0 Å². The molecule has 19 heavy (non-hydrogen) atoms. The van der Waals surface area contributed by atoms with Crippen LogP contribution in [-0.2, 0) is 0 Å². The molecule has 1 aromatic carbocycles. The Morgan fingerprint density at radius 1 is 1.11 bits per heavy atom. The number of aromatic carboxylic acids is 2. The fourth-order valence-corrected chi connectivity index (χ4v) is 1.97. The Balaban J connectivity index is 2.85. The number of rotatable bonds is 3. The Hall–Kier alpha value is -2.69. The van der Waals surface area contributed by atoms with Gasteiger partial charge >= 0.3 is 11.9 Å². The van der Waals surface area contributed by atoms with Crippen molar-refractivity contribution in [3.05, 3.63) is 53.3 Å². The fourth-order valence-electron chi connectivity index (χ4n) is 1.97. The third kappa shape index (κ3) is 2.30. The Morgan fingerprint density at radius 2 is 1.84 bits per heavy atom. The van der Waals surface area contributed by atoms with E-state index in [1.165, 1.54) is 18.3 Å². The first-order valence-corrected chi connectivity index (χ1v) is 5.53. The summed E-state index contributed by atoms with van der Waals surface area (Å²) in [5, 5.41) is 18.5. The summed E-state index contributed by atoms with van der Waals surface area (Å²) in [6, 6.07) is 6.18. The smallest absolute Gasteiger partial charge is 0.336 e. The third-order valence-electron chi connectivity index (χ3n) is 2.81. The van der Waals surface area contributed by atoms with Crippen LogP contribution in [0.4, 0.5) is 0 Å². The summed E-state index contributed by atoms with van der Waals surface area (Å²) in [5.74, 6) is -2.32. The topological polar surface area (TPSA) is 87.5 Å². The minimum atomic E-state index is -1.17. The Morgan fingerprint density at radius 3 is 2.37 bits per heavy atom. The third-order valence-corrected chi connectivity index (χ3v) is 2.81. The number of hydrogen-bond donors (Lipinski definition) is 2. The minimum absolute atomic E-state index is 0.00657. The average Bonchev–Trinajstić information content (AvgIpc) is 2.38. The maximum Gasteiger partial charge on any atom is 0.336 e. The van der Waals surface area contributed by atoms with E-state index in [0.717, 1.165) is 0 Å². The van der Waals surface area contributed by atoms with Gasteiger partial charge in [-0.05, 0) is 24.6 Å². The number of carboxylic acid groups (broad SMARTS) is 2. The molecule has 0 radical (unpaired) electrons. The molecule has 2 rings (SSSR count). The van der Waals surface area contributed by atoms with Crippen molar-refractivity contribution >= 4 is 11.9 Å². The van der Waals surface area contributed by atoms with Crippen LogP contribution in [0.25, 0.3) is 11.1 Å². The molecule has 5 heteroatoms. The van der Waals surface area contributed by atoms with E-state index in [2.05, 4.69) is 4.98 Å². The van der Waals surface area contributed by atoms with Crippen LogP contribution in [0.3, 0.4) is 0 Å². The molecule has 1 aromatic heterocycles. The van der Waals surface area contributed by atoms with E-state index >= 15 is 0 Å². The fraction of sp³-hybridized carbons (Fsp3) is 0.0714.